The number of halogens is 2. The monoisotopic (exact) mass is 416 g/mol. The Hall–Kier alpha value is -0.910. The van der Waals surface area contributed by atoms with Crippen molar-refractivity contribution in [3.63, 3.8) is 0 Å². The standard InChI is InChI=1S/C18H23Cl2N2O3P/c19-17-7-6-16(10-18(17)20)12-22(9-1-8-21)11-14-2-4-15(5-3-14)13-26(23,24)25/h2-7,10H,1,8-9,11-13,21H2,(H2,23,24,25). The van der Waals surface area contributed by atoms with Gasteiger partial charge >= 0.3 is 7.60 Å². The lowest BCUT2D eigenvalue weighted by Crippen LogP contribution is -2.25. The lowest BCUT2D eigenvalue weighted by molar-refractivity contribution is 0.255. The summed E-state index contributed by atoms with van der Waals surface area (Å²) in [5.41, 5.74) is 8.40. The molecule has 2 aromatic rings. The molecule has 0 heterocycles. The highest BCUT2D eigenvalue weighted by atomic mass is 35.5. The van der Waals surface area contributed by atoms with Crippen LogP contribution in [0.1, 0.15) is 23.1 Å². The van der Waals surface area contributed by atoms with Crippen molar-refractivity contribution < 1.29 is 14.4 Å². The van der Waals surface area contributed by atoms with Gasteiger partial charge in [-0.05, 0) is 41.8 Å². The third-order valence-corrected chi connectivity index (χ3v) is 5.40. The highest BCUT2D eigenvalue weighted by Crippen LogP contribution is 2.38. The van der Waals surface area contributed by atoms with Gasteiger partial charge in [-0.15, -0.1) is 0 Å². The molecule has 0 aliphatic carbocycles. The van der Waals surface area contributed by atoms with E-state index < -0.39 is 7.60 Å². The molecule has 0 spiro atoms. The summed E-state index contributed by atoms with van der Waals surface area (Å²) in [6, 6.07) is 12.9. The van der Waals surface area contributed by atoms with Gasteiger partial charge in [0.2, 0.25) is 0 Å². The van der Waals surface area contributed by atoms with Gasteiger partial charge in [0, 0.05) is 19.6 Å². The fourth-order valence-electron chi connectivity index (χ4n) is 2.67. The lowest BCUT2D eigenvalue weighted by Gasteiger charge is -2.23. The summed E-state index contributed by atoms with van der Waals surface area (Å²) in [4.78, 5) is 20.4. The van der Waals surface area contributed by atoms with Crippen molar-refractivity contribution in [3.05, 3.63) is 69.2 Å². The van der Waals surface area contributed by atoms with Crippen LogP contribution in [0.4, 0.5) is 0 Å². The second kappa shape index (κ2) is 9.86. The molecule has 0 fully saturated rings. The smallest absolute Gasteiger partial charge is 0.329 e. The van der Waals surface area contributed by atoms with Crippen LogP contribution in [0.2, 0.25) is 10.0 Å². The predicted octanol–water partition coefficient (Wildman–Crippen LogP) is 4.02. The number of hydrogen-bond donors (Lipinski definition) is 3. The molecule has 5 nitrogen and oxygen atoms in total. The van der Waals surface area contributed by atoms with E-state index in [1.54, 1.807) is 18.2 Å². The molecule has 142 valence electrons. The van der Waals surface area contributed by atoms with Crippen molar-refractivity contribution >= 4 is 30.8 Å². The van der Waals surface area contributed by atoms with Gasteiger partial charge in [-0.2, -0.15) is 0 Å². The zero-order chi connectivity index (χ0) is 19.2. The Labute approximate surface area is 163 Å². The first kappa shape index (κ1) is 21.4. The molecular formula is C18H23Cl2N2O3P. The van der Waals surface area contributed by atoms with Crippen LogP contribution in [0.3, 0.4) is 0 Å². The summed E-state index contributed by atoms with van der Waals surface area (Å²) in [7, 11) is -4.05. The Kier molecular flexibility index (Phi) is 8.11. The van der Waals surface area contributed by atoms with E-state index in [4.69, 9.17) is 38.7 Å². The second-order valence-corrected chi connectivity index (χ2v) is 8.70. The molecule has 0 unspecified atom stereocenters. The van der Waals surface area contributed by atoms with E-state index in [9.17, 15) is 4.57 Å². The first-order valence-electron chi connectivity index (χ1n) is 8.25. The highest BCUT2D eigenvalue weighted by Gasteiger charge is 2.14. The molecule has 0 saturated carbocycles. The van der Waals surface area contributed by atoms with Gasteiger partial charge in [-0.1, -0.05) is 53.5 Å². The molecule has 0 aliphatic heterocycles. The summed E-state index contributed by atoms with van der Waals surface area (Å²) in [6.07, 6.45) is 0.630. The van der Waals surface area contributed by atoms with Crippen LogP contribution in [-0.4, -0.2) is 27.8 Å². The van der Waals surface area contributed by atoms with Gasteiger partial charge in [0.05, 0.1) is 16.2 Å². The van der Waals surface area contributed by atoms with Crippen molar-refractivity contribution in [3.8, 4) is 0 Å². The molecular weight excluding hydrogens is 394 g/mol. The third-order valence-electron chi connectivity index (χ3n) is 3.89. The molecule has 8 heteroatoms. The molecule has 26 heavy (non-hydrogen) atoms. The van der Waals surface area contributed by atoms with E-state index in [2.05, 4.69) is 4.90 Å². The van der Waals surface area contributed by atoms with E-state index in [0.29, 0.717) is 35.2 Å². The fourth-order valence-corrected chi connectivity index (χ4v) is 3.68. The molecule has 0 aromatic heterocycles. The van der Waals surface area contributed by atoms with Gasteiger partial charge in [0.1, 0.15) is 0 Å². The topological polar surface area (TPSA) is 86.8 Å². The predicted molar refractivity (Wildman–Crippen MR) is 106 cm³/mol. The van der Waals surface area contributed by atoms with Crippen molar-refractivity contribution in [2.75, 3.05) is 13.1 Å². The average Bonchev–Trinajstić information content (AvgIpc) is 2.56. The van der Waals surface area contributed by atoms with Crippen LogP contribution in [0.15, 0.2) is 42.5 Å². The van der Waals surface area contributed by atoms with Gasteiger partial charge < -0.3 is 15.5 Å². The number of benzene rings is 2. The van der Waals surface area contributed by atoms with Gasteiger partial charge in [0.25, 0.3) is 0 Å². The first-order valence-corrected chi connectivity index (χ1v) is 10.8. The number of nitrogens with zero attached hydrogens (tertiary/aromatic N) is 1. The van der Waals surface area contributed by atoms with Crippen LogP contribution in [0.5, 0.6) is 0 Å². The minimum Gasteiger partial charge on any atom is -0.330 e. The van der Waals surface area contributed by atoms with Gasteiger partial charge in [0.15, 0.2) is 0 Å². The van der Waals surface area contributed by atoms with Crippen molar-refractivity contribution in [2.24, 2.45) is 5.73 Å². The van der Waals surface area contributed by atoms with Gasteiger partial charge in [-0.3, -0.25) is 9.46 Å². The van der Waals surface area contributed by atoms with E-state index >= 15 is 0 Å². The van der Waals surface area contributed by atoms with Crippen molar-refractivity contribution in [1.82, 2.24) is 4.90 Å². The normalized spacial score (nSPS) is 11.9. The molecule has 0 amide bonds. The minimum atomic E-state index is -4.05. The Morgan fingerprint density at radius 3 is 2.08 bits per heavy atom. The van der Waals surface area contributed by atoms with Crippen LogP contribution in [0.25, 0.3) is 0 Å². The van der Waals surface area contributed by atoms with Crippen LogP contribution >= 0.6 is 30.8 Å². The molecule has 0 atom stereocenters. The SMILES string of the molecule is NCCCN(Cc1ccc(CP(=O)(O)O)cc1)Cc1ccc(Cl)c(Cl)c1. The van der Waals surface area contributed by atoms with Gasteiger partial charge in [-0.25, -0.2) is 0 Å². The Bertz CT molecular complexity index is 766. The van der Waals surface area contributed by atoms with Crippen LogP contribution in [-0.2, 0) is 23.8 Å². The van der Waals surface area contributed by atoms with E-state index in [1.165, 1.54) is 0 Å². The highest BCUT2D eigenvalue weighted by molar-refractivity contribution is 7.50. The summed E-state index contributed by atoms with van der Waals surface area (Å²) in [5, 5.41) is 1.06. The summed E-state index contributed by atoms with van der Waals surface area (Å²) in [5.74, 6) is 0. The second-order valence-electron chi connectivity index (χ2n) is 6.24. The molecule has 2 aromatic carbocycles. The summed E-state index contributed by atoms with van der Waals surface area (Å²) < 4.78 is 11.1. The quantitative estimate of drug-likeness (QED) is 0.537. The lowest BCUT2D eigenvalue weighted by atomic mass is 10.1. The number of rotatable bonds is 9. The first-order chi connectivity index (χ1) is 12.3. The van der Waals surface area contributed by atoms with Crippen LogP contribution in [0, 0.1) is 0 Å². The average molecular weight is 417 g/mol. The molecule has 0 bridgehead atoms. The Morgan fingerprint density at radius 2 is 1.50 bits per heavy atom. The molecule has 0 aliphatic rings. The van der Waals surface area contributed by atoms with E-state index in [0.717, 1.165) is 24.1 Å². The number of nitrogens with two attached hydrogens (primary N) is 1. The summed E-state index contributed by atoms with van der Waals surface area (Å²) >= 11 is 12.1. The molecule has 0 saturated heterocycles. The minimum absolute atomic E-state index is 0.243. The van der Waals surface area contributed by atoms with E-state index in [1.807, 2.05) is 24.3 Å². The van der Waals surface area contributed by atoms with Crippen LogP contribution < -0.4 is 5.73 Å². The van der Waals surface area contributed by atoms with Crippen molar-refractivity contribution in [1.29, 1.82) is 0 Å². The maximum absolute atomic E-state index is 11.1. The molecule has 2 rings (SSSR count). The maximum atomic E-state index is 11.1. The maximum Gasteiger partial charge on any atom is 0.329 e. The Balaban J connectivity index is 2.06. The summed E-state index contributed by atoms with van der Waals surface area (Å²) in [6.45, 7) is 2.86. The third kappa shape index (κ3) is 7.37. The zero-order valence-corrected chi connectivity index (χ0v) is 16.7. The molecule has 4 N–H and O–H groups in total. The van der Waals surface area contributed by atoms with E-state index in [-0.39, 0.29) is 6.16 Å². The Morgan fingerprint density at radius 1 is 0.923 bits per heavy atom. The molecule has 0 radical (unpaired) electrons. The van der Waals surface area contributed by atoms with Crippen molar-refractivity contribution in [2.45, 2.75) is 25.7 Å². The largest absolute Gasteiger partial charge is 0.330 e. The number of hydrogen-bond acceptors (Lipinski definition) is 3. The zero-order valence-electron chi connectivity index (χ0n) is 14.3. The fraction of sp³-hybridized carbons (Fsp3) is 0.333.